The first-order valence-electron chi connectivity index (χ1n) is 11.8. The van der Waals surface area contributed by atoms with Gasteiger partial charge in [0.05, 0.1) is 43.9 Å². The molecule has 0 radical (unpaired) electrons. The van der Waals surface area contributed by atoms with Gasteiger partial charge in [0.15, 0.2) is 17.5 Å². The molecular weight excluding hydrogens is 495 g/mol. The quantitative estimate of drug-likeness (QED) is 0.411. The number of sulfonamides is 1. The molecule has 3 rings (SSSR count). The third-order valence-electron chi connectivity index (χ3n) is 5.79. The highest BCUT2D eigenvalue weighted by Crippen LogP contribution is 2.35. The molecule has 1 saturated heterocycles. The molecule has 0 bridgehead atoms. The second-order valence-corrected chi connectivity index (χ2v) is 11.1. The van der Waals surface area contributed by atoms with Gasteiger partial charge in [-0.05, 0) is 40.5 Å². The van der Waals surface area contributed by atoms with Gasteiger partial charge in [-0.1, -0.05) is 0 Å². The highest BCUT2D eigenvalue weighted by atomic mass is 32.2. The molecule has 0 spiro atoms. The lowest BCUT2D eigenvalue weighted by Crippen LogP contribution is -2.35. The Kier molecular flexibility index (Phi) is 9.69. The lowest BCUT2D eigenvalue weighted by molar-refractivity contribution is 0.00143. The summed E-state index contributed by atoms with van der Waals surface area (Å²) in [6, 6.07) is -0.416. The molecule has 202 valence electrons. The van der Waals surface area contributed by atoms with Crippen molar-refractivity contribution in [3.63, 3.8) is 0 Å². The van der Waals surface area contributed by atoms with Gasteiger partial charge in [-0.15, -0.1) is 10.2 Å². The lowest BCUT2D eigenvalue weighted by Gasteiger charge is -2.26. The molecule has 36 heavy (non-hydrogen) atoms. The summed E-state index contributed by atoms with van der Waals surface area (Å²) in [6.45, 7) is 7.42. The second-order valence-electron chi connectivity index (χ2n) is 9.05. The highest BCUT2D eigenvalue weighted by Gasteiger charge is 2.37. The first-order chi connectivity index (χ1) is 17.1. The molecule has 1 N–H and O–H groups in total. The maximum atomic E-state index is 13.5. The Morgan fingerprint density at radius 1 is 1.14 bits per heavy atom. The molecule has 14 heteroatoms. The summed E-state index contributed by atoms with van der Waals surface area (Å²) in [5.41, 5.74) is 0. The Balaban J connectivity index is 1.97. The van der Waals surface area contributed by atoms with E-state index in [1.807, 2.05) is 6.92 Å². The van der Waals surface area contributed by atoms with E-state index < -0.39 is 33.2 Å². The Bertz CT molecular complexity index is 1080. The van der Waals surface area contributed by atoms with Gasteiger partial charge in [0, 0.05) is 14.2 Å². The van der Waals surface area contributed by atoms with Gasteiger partial charge in [-0.2, -0.15) is 0 Å². The molecule has 3 heterocycles. The number of anilines is 1. The molecule has 4 atom stereocenters. The molecule has 0 saturated carbocycles. The van der Waals surface area contributed by atoms with E-state index in [4.69, 9.17) is 18.9 Å². The Morgan fingerprint density at radius 3 is 2.31 bits per heavy atom. The van der Waals surface area contributed by atoms with Crippen molar-refractivity contribution in [2.75, 3.05) is 32.2 Å². The van der Waals surface area contributed by atoms with Crippen LogP contribution in [0.15, 0.2) is 12.4 Å². The van der Waals surface area contributed by atoms with Crippen molar-refractivity contribution in [1.29, 1.82) is 0 Å². The Hall–Kier alpha value is -2.26. The lowest BCUT2D eigenvalue weighted by atomic mass is 10.2. The second kappa shape index (κ2) is 12.3. The van der Waals surface area contributed by atoms with Gasteiger partial charge in [-0.25, -0.2) is 22.8 Å². The SMILES string of the molecule is COCC(COC)n1c(NS(=O)(=O)C(C)C(OC(C)C)c2ncc(F)cn2)nnc1[C@@H]1CC[C@H](C)O1. The van der Waals surface area contributed by atoms with Crippen LogP contribution >= 0.6 is 0 Å². The molecule has 1 aliphatic rings. The zero-order valence-electron chi connectivity index (χ0n) is 21.4. The number of nitrogens with one attached hydrogen (secondary N) is 1. The summed E-state index contributed by atoms with van der Waals surface area (Å²) >= 11 is 0. The van der Waals surface area contributed by atoms with Crippen molar-refractivity contribution >= 4 is 16.0 Å². The van der Waals surface area contributed by atoms with Crippen molar-refractivity contribution in [2.45, 2.75) is 76.2 Å². The maximum Gasteiger partial charge on any atom is 0.240 e. The molecule has 0 aromatic carbocycles. The number of halogens is 1. The molecule has 1 fully saturated rings. The van der Waals surface area contributed by atoms with Gasteiger partial charge in [0.2, 0.25) is 16.0 Å². The minimum Gasteiger partial charge on any atom is -0.382 e. The number of aromatic nitrogens is 5. The molecule has 1 aliphatic heterocycles. The number of hydrogen-bond acceptors (Lipinski definition) is 10. The maximum absolute atomic E-state index is 13.5. The van der Waals surface area contributed by atoms with Crippen molar-refractivity contribution < 1.29 is 31.8 Å². The molecule has 2 unspecified atom stereocenters. The number of ether oxygens (including phenoxy) is 4. The number of hydrogen-bond donors (Lipinski definition) is 1. The first-order valence-corrected chi connectivity index (χ1v) is 13.3. The normalized spacial score (nSPS) is 20.2. The average Bonchev–Trinajstić information content (AvgIpc) is 3.43. The molecule has 0 amide bonds. The standard InChI is InChI=1S/C22H35FN6O6S/c1-13(2)34-19(20-24-9-16(23)10-25-20)15(4)36(30,31)28-22-27-26-21(18-8-7-14(3)35-18)29(22)17(11-32-5)12-33-6/h9-10,13-15,17-19H,7-8,11-12H2,1-6H3,(H,27,28)/t14-,15?,18-,19?/m0/s1. The highest BCUT2D eigenvalue weighted by molar-refractivity contribution is 7.93. The summed E-state index contributed by atoms with van der Waals surface area (Å²) in [4.78, 5) is 7.89. The van der Waals surface area contributed by atoms with Crippen LogP contribution in [-0.4, -0.2) is 78.0 Å². The predicted octanol–water partition coefficient (Wildman–Crippen LogP) is 2.58. The van der Waals surface area contributed by atoms with Crippen molar-refractivity contribution in [3.05, 3.63) is 29.9 Å². The molecular formula is C22H35FN6O6S. The van der Waals surface area contributed by atoms with Crippen LogP contribution in [0, 0.1) is 5.82 Å². The van der Waals surface area contributed by atoms with E-state index in [2.05, 4.69) is 24.9 Å². The zero-order chi connectivity index (χ0) is 26.5. The fourth-order valence-corrected chi connectivity index (χ4v) is 5.14. The van der Waals surface area contributed by atoms with Crippen molar-refractivity contribution in [1.82, 2.24) is 24.7 Å². The molecule has 2 aromatic heterocycles. The van der Waals surface area contributed by atoms with E-state index in [1.165, 1.54) is 6.92 Å². The van der Waals surface area contributed by atoms with Crippen LogP contribution in [0.2, 0.25) is 0 Å². The monoisotopic (exact) mass is 530 g/mol. The minimum absolute atomic E-state index is 0.00224. The number of methoxy groups -OCH3 is 2. The van der Waals surface area contributed by atoms with Crippen LogP contribution < -0.4 is 4.72 Å². The molecule has 0 aliphatic carbocycles. The molecule has 12 nitrogen and oxygen atoms in total. The van der Waals surface area contributed by atoms with Crippen LogP contribution in [0.25, 0.3) is 0 Å². The van der Waals surface area contributed by atoms with Crippen molar-refractivity contribution in [3.8, 4) is 0 Å². The van der Waals surface area contributed by atoms with Crippen LogP contribution in [0.1, 0.15) is 70.4 Å². The third-order valence-corrected chi connectivity index (χ3v) is 7.48. The Morgan fingerprint density at radius 2 is 1.78 bits per heavy atom. The van der Waals surface area contributed by atoms with E-state index in [1.54, 1.807) is 32.6 Å². The topological polar surface area (TPSA) is 140 Å². The van der Waals surface area contributed by atoms with Gasteiger partial charge in [0.25, 0.3) is 0 Å². The summed E-state index contributed by atoms with van der Waals surface area (Å²) in [5, 5.41) is 7.27. The van der Waals surface area contributed by atoms with Gasteiger partial charge < -0.3 is 18.9 Å². The summed E-state index contributed by atoms with van der Waals surface area (Å²) in [6.07, 6.45) is 1.81. The largest absolute Gasteiger partial charge is 0.382 e. The summed E-state index contributed by atoms with van der Waals surface area (Å²) < 4.78 is 67.2. The predicted molar refractivity (Wildman–Crippen MR) is 128 cm³/mol. The van der Waals surface area contributed by atoms with Crippen LogP contribution in [0.5, 0.6) is 0 Å². The smallest absolute Gasteiger partial charge is 0.240 e. The van der Waals surface area contributed by atoms with E-state index in [0.29, 0.717) is 5.82 Å². The van der Waals surface area contributed by atoms with E-state index in [-0.39, 0.29) is 43.3 Å². The third kappa shape index (κ3) is 6.73. The van der Waals surface area contributed by atoms with Crippen molar-refractivity contribution in [2.24, 2.45) is 0 Å². The number of nitrogens with zero attached hydrogens (tertiary/aromatic N) is 5. The van der Waals surface area contributed by atoms with Crippen LogP contribution in [0.3, 0.4) is 0 Å². The van der Waals surface area contributed by atoms with Gasteiger partial charge >= 0.3 is 0 Å². The summed E-state index contributed by atoms with van der Waals surface area (Å²) in [7, 11) is -1.03. The zero-order valence-corrected chi connectivity index (χ0v) is 22.2. The van der Waals surface area contributed by atoms with E-state index in [0.717, 1.165) is 25.2 Å². The van der Waals surface area contributed by atoms with E-state index >= 15 is 0 Å². The minimum atomic E-state index is -4.12. The van der Waals surface area contributed by atoms with Crippen LogP contribution in [0.4, 0.5) is 10.3 Å². The molecule has 2 aromatic rings. The average molecular weight is 531 g/mol. The van der Waals surface area contributed by atoms with E-state index in [9.17, 15) is 12.8 Å². The summed E-state index contributed by atoms with van der Waals surface area (Å²) in [5.74, 6) is -0.0970. The van der Waals surface area contributed by atoms with Gasteiger partial charge in [-0.3, -0.25) is 9.29 Å². The van der Waals surface area contributed by atoms with Gasteiger partial charge in [0.1, 0.15) is 17.5 Å². The van der Waals surface area contributed by atoms with Crippen LogP contribution in [-0.2, 0) is 29.0 Å². The number of rotatable bonds is 13. The Labute approximate surface area is 211 Å². The first kappa shape index (κ1) is 28.3. The fraction of sp³-hybridized carbons (Fsp3) is 0.727. The fourth-order valence-electron chi connectivity index (χ4n) is 4.05.